The van der Waals surface area contributed by atoms with E-state index in [1.165, 1.54) is 42.9 Å². The first-order chi connectivity index (χ1) is 11.3. The molecular formula is C18H25N5. The van der Waals surface area contributed by atoms with Crippen molar-refractivity contribution in [1.82, 2.24) is 25.0 Å². The van der Waals surface area contributed by atoms with Gasteiger partial charge in [0.1, 0.15) is 0 Å². The van der Waals surface area contributed by atoms with E-state index in [1.54, 1.807) is 0 Å². The Morgan fingerprint density at radius 3 is 2.78 bits per heavy atom. The second kappa shape index (κ2) is 6.42. The van der Waals surface area contributed by atoms with Gasteiger partial charge in [-0.1, -0.05) is 6.07 Å². The van der Waals surface area contributed by atoms with E-state index in [0.29, 0.717) is 0 Å². The van der Waals surface area contributed by atoms with Crippen LogP contribution in [-0.2, 0) is 26.1 Å². The molecule has 1 saturated heterocycles. The van der Waals surface area contributed by atoms with E-state index < -0.39 is 0 Å². The molecule has 23 heavy (non-hydrogen) atoms. The number of likely N-dealkylation sites (tertiary alicyclic amines) is 1. The first-order valence-corrected chi connectivity index (χ1v) is 8.70. The molecule has 0 unspecified atom stereocenters. The fourth-order valence-electron chi connectivity index (χ4n) is 3.78. The molecule has 0 bridgehead atoms. The van der Waals surface area contributed by atoms with Crippen LogP contribution >= 0.6 is 0 Å². The van der Waals surface area contributed by atoms with E-state index >= 15 is 0 Å². The molecule has 0 saturated carbocycles. The fraction of sp³-hybridized carbons (Fsp3) is 0.556. The van der Waals surface area contributed by atoms with Crippen molar-refractivity contribution in [3.05, 3.63) is 46.5 Å². The van der Waals surface area contributed by atoms with Crippen LogP contribution in [0.1, 0.15) is 41.2 Å². The van der Waals surface area contributed by atoms with Gasteiger partial charge in [-0.05, 0) is 51.4 Å². The summed E-state index contributed by atoms with van der Waals surface area (Å²) in [5, 5.41) is 7.90. The molecule has 2 aliphatic rings. The monoisotopic (exact) mass is 311 g/mol. The van der Waals surface area contributed by atoms with E-state index in [4.69, 9.17) is 0 Å². The molecule has 2 aromatic rings. The number of nitrogens with zero attached hydrogens (tertiary/aromatic N) is 4. The zero-order valence-corrected chi connectivity index (χ0v) is 13.9. The molecule has 4 rings (SSSR count). The fourth-order valence-corrected chi connectivity index (χ4v) is 3.78. The van der Waals surface area contributed by atoms with Gasteiger partial charge in [0.2, 0.25) is 0 Å². The van der Waals surface area contributed by atoms with Crippen molar-refractivity contribution in [2.24, 2.45) is 0 Å². The van der Waals surface area contributed by atoms with Crippen LogP contribution < -0.4 is 0 Å². The molecule has 0 atom stereocenters. The van der Waals surface area contributed by atoms with E-state index in [0.717, 1.165) is 44.0 Å². The molecule has 122 valence electrons. The van der Waals surface area contributed by atoms with E-state index in [2.05, 4.69) is 50.1 Å². The van der Waals surface area contributed by atoms with Crippen LogP contribution in [0.5, 0.6) is 0 Å². The minimum Gasteiger partial charge on any atom is -0.297 e. The first-order valence-electron chi connectivity index (χ1n) is 8.70. The zero-order chi connectivity index (χ0) is 15.6. The number of hydrogen-bond donors (Lipinski definition) is 1. The van der Waals surface area contributed by atoms with Gasteiger partial charge < -0.3 is 0 Å². The van der Waals surface area contributed by atoms with Gasteiger partial charge in [0.25, 0.3) is 0 Å². The van der Waals surface area contributed by atoms with Gasteiger partial charge in [-0.15, -0.1) is 0 Å². The second-order valence-electron chi connectivity index (χ2n) is 6.84. The van der Waals surface area contributed by atoms with Crippen LogP contribution in [-0.4, -0.2) is 44.6 Å². The summed E-state index contributed by atoms with van der Waals surface area (Å²) in [5.74, 6) is 0. The molecule has 0 aromatic carbocycles. The molecule has 4 heterocycles. The van der Waals surface area contributed by atoms with Crippen molar-refractivity contribution in [3.63, 3.8) is 0 Å². The van der Waals surface area contributed by atoms with E-state index in [1.807, 2.05) is 0 Å². The lowest BCUT2D eigenvalue weighted by molar-refractivity contribution is 0.238. The molecule has 0 aliphatic carbocycles. The Labute approximate surface area is 137 Å². The smallest absolute Gasteiger partial charge is 0.0798 e. The molecule has 5 nitrogen and oxygen atoms in total. The molecule has 2 aliphatic heterocycles. The number of pyridine rings is 1. The summed E-state index contributed by atoms with van der Waals surface area (Å²) >= 11 is 0. The highest BCUT2D eigenvalue weighted by molar-refractivity contribution is 5.28. The van der Waals surface area contributed by atoms with Crippen molar-refractivity contribution < 1.29 is 0 Å². The van der Waals surface area contributed by atoms with Crippen LogP contribution in [0.4, 0.5) is 0 Å². The predicted molar refractivity (Wildman–Crippen MR) is 89.9 cm³/mol. The van der Waals surface area contributed by atoms with Gasteiger partial charge in [-0.2, -0.15) is 5.10 Å². The zero-order valence-electron chi connectivity index (χ0n) is 13.9. The number of hydrogen-bond acceptors (Lipinski definition) is 4. The van der Waals surface area contributed by atoms with Gasteiger partial charge in [0.05, 0.1) is 17.1 Å². The number of aryl methyl sites for hydroxylation is 1. The number of rotatable bonds is 4. The normalized spacial score (nSPS) is 19.2. The highest BCUT2D eigenvalue weighted by atomic mass is 15.2. The highest BCUT2D eigenvalue weighted by Gasteiger charge is 2.23. The number of aromatic amines is 1. The minimum absolute atomic E-state index is 0.918. The average Bonchev–Trinajstić information content (AvgIpc) is 3.18. The third-order valence-electron chi connectivity index (χ3n) is 5.00. The van der Waals surface area contributed by atoms with E-state index in [9.17, 15) is 0 Å². The standard InChI is InChI=1S/C18H25N5/c1-14-5-4-6-15(19-14)11-23-10-7-16-17(20-21-18(16)13-23)12-22-8-2-3-9-22/h4-6H,2-3,7-13H2,1H3,(H,20,21). The van der Waals surface area contributed by atoms with Crippen LogP contribution in [0.25, 0.3) is 0 Å². The lowest BCUT2D eigenvalue weighted by Gasteiger charge is -2.26. The second-order valence-corrected chi connectivity index (χ2v) is 6.84. The maximum Gasteiger partial charge on any atom is 0.0798 e. The summed E-state index contributed by atoms with van der Waals surface area (Å²) in [6, 6.07) is 6.27. The van der Waals surface area contributed by atoms with Crippen molar-refractivity contribution >= 4 is 0 Å². The molecule has 1 fully saturated rings. The molecular weight excluding hydrogens is 286 g/mol. The van der Waals surface area contributed by atoms with Crippen molar-refractivity contribution in [1.29, 1.82) is 0 Å². The Morgan fingerprint density at radius 1 is 1.09 bits per heavy atom. The van der Waals surface area contributed by atoms with Crippen LogP contribution in [0.2, 0.25) is 0 Å². The average molecular weight is 311 g/mol. The number of H-pyrrole nitrogens is 1. The third kappa shape index (κ3) is 3.31. The summed E-state index contributed by atoms with van der Waals surface area (Å²) in [4.78, 5) is 9.61. The summed E-state index contributed by atoms with van der Waals surface area (Å²) < 4.78 is 0. The van der Waals surface area contributed by atoms with Crippen LogP contribution in [0, 0.1) is 6.92 Å². The summed E-state index contributed by atoms with van der Waals surface area (Å²) in [6.07, 6.45) is 3.77. The Morgan fingerprint density at radius 2 is 1.96 bits per heavy atom. The van der Waals surface area contributed by atoms with Crippen molar-refractivity contribution in [2.45, 2.75) is 45.8 Å². The van der Waals surface area contributed by atoms with Gasteiger partial charge >= 0.3 is 0 Å². The van der Waals surface area contributed by atoms with Gasteiger partial charge in [-0.3, -0.25) is 19.9 Å². The van der Waals surface area contributed by atoms with Gasteiger partial charge in [-0.25, -0.2) is 0 Å². The molecule has 0 spiro atoms. The van der Waals surface area contributed by atoms with Crippen molar-refractivity contribution in [2.75, 3.05) is 19.6 Å². The Balaban J connectivity index is 1.42. The first kappa shape index (κ1) is 14.8. The SMILES string of the molecule is Cc1cccc(CN2CCc3c(CN4CCCC4)n[nH]c3C2)n1. The molecule has 2 aromatic heterocycles. The lowest BCUT2D eigenvalue weighted by Crippen LogP contribution is -2.31. The molecule has 5 heteroatoms. The molecule has 1 N–H and O–H groups in total. The molecule has 0 radical (unpaired) electrons. The van der Waals surface area contributed by atoms with Crippen molar-refractivity contribution in [3.8, 4) is 0 Å². The number of fused-ring (bicyclic) bond motifs is 1. The predicted octanol–water partition coefficient (Wildman–Crippen LogP) is 2.27. The number of aromatic nitrogens is 3. The Kier molecular flexibility index (Phi) is 4.14. The van der Waals surface area contributed by atoms with Gasteiger partial charge in [0.15, 0.2) is 0 Å². The summed E-state index contributed by atoms with van der Waals surface area (Å²) in [5.41, 5.74) is 6.29. The van der Waals surface area contributed by atoms with Gasteiger partial charge in [0, 0.05) is 37.4 Å². The van der Waals surface area contributed by atoms with Crippen LogP contribution in [0.3, 0.4) is 0 Å². The summed E-state index contributed by atoms with van der Waals surface area (Å²) in [6.45, 7) is 8.50. The van der Waals surface area contributed by atoms with E-state index in [-0.39, 0.29) is 0 Å². The largest absolute Gasteiger partial charge is 0.297 e. The lowest BCUT2D eigenvalue weighted by atomic mass is 10.0. The topological polar surface area (TPSA) is 48.0 Å². The minimum atomic E-state index is 0.918. The number of nitrogens with one attached hydrogen (secondary N) is 1. The highest BCUT2D eigenvalue weighted by Crippen LogP contribution is 2.23. The molecule has 0 amide bonds. The Bertz CT molecular complexity index is 672. The maximum absolute atomic E-state index is 4.62. The maximum atomic E-state index is 4.62. The third-order valence-corrected chi connectivity index (χ3v) is 5.00. The summed E-state index contributed by atoms with van der Waals surface area (Å²) in [7, 11) is 0. The van der Waals surface area contributed by atoms with Crippen LogP contribution in [0.15, 0.2) is 18.2 Å². The Hall–Kier alpha value is -1.72. The quantitative estimate of drug-likeness (QED) is 0.941.